The molecule has 3 heterocycles. The zero-order chi connectivity index (χ0) is 14.8. The van der Waals surface area contributed by atoms with Gasteiger partial charge in [0.1, 0.15) is 5.82 Å². The van der Waals surface area contributed by atoms with E-state index in [9.17, 15) is 5.11 Å². The number of piperidine rings is 1. The van der Waals surface area contributed by atoms with Gasteiger partial charge in [0.2, 0.25) is 0 Å². The predicted molar refractivity (Wildman–Crippen MR) is 82.6 cm³/mol. The molecule has 0 aliphatic carbocycles. The number of aliphatic hydroxyl groups excluding tert-OH is 1. The summed E-state index contributed by atoms with van der Waals surface area (Å²) in [7, 11) is 1.86. The number of hydrogen-bond acceptors (Lipinski definition) is 5. The minimum absolute atomic E-state index is 0.517. The lowest BCUT2D eigenvalue weighted by Crippen LogP contribution is -2.34. The fourth-order valence-electron chi connectivity index (χ4n) is 2.92. The van der Waals surface area contributed by atoms with Crippen LogP contribution in [-0.2, 0) is 0 Å². The van der Waals surface area contributed by atoms with Gasteiger partial charge in [-0.15, -0.1) is 0 Å². The lowest BCUT2D eigenvalue weighted by molar-refractivity contribution is 0.0861. The average Bonchev–Trinajstić information content (AvgIpc) is 2.94. The second kappa shape index (κ2) is 5.91. The number of aromatic nitrogens is 2. The maximum absolute atomic E-state index is 10.2. The molecule has 6 heteroatoms. The number of aliphatic hydroxyl groups is 1. The van der Waals surface area contributed by atoms with Crippen LogP contribution in [0.4, 0.5) is 5.82 Å². The molecule has 1 aromatic rings. The molecule has 1 unspecified atom stereocenters. The average molecular weight is 289 g/mol. The van der Waals surface area contributed by atoms with Crippen LogP contribution in [-0.4, -0.2) is 45.9 Å². The lowest BCUT2D eigenvalue weighted by Gasteiger charge is -2.28. The van der Waals surface area contributed by atoms with Gasteiger partial charge in [-0.25, -0.2) is 4.98 Å². The molecule has 2 aliphatic heterocycles. The third-order valence-corrected chi connectivity index (χ3v) is 4.06. The van der Waals surface area contributed by atoms with Crippen LogP contribution in [0, 0.1) is 0 Å². The summed E-state index contributed by atoms with van der Waals surface area (Å²) in [4.78, 5) is 6.19. The molecule has 2 aliphatic rings. The van der Waals surface area contributed by atoms with E-state index in [4.69, 9.17) is 0 Å². The minimum Gasteiger partial charge on any atom is -0.368 e. The van der Waals surface area contributed by atoms with E-state index in [1.807, 2.05) is 38.8 Å². The fourth-order valence-corrected chi connectivity index (χ4v) is 2.92. The largest absolute Gasteiger partial charge is 0.368 e. The van der Waals surface area contributed by atoms with Crippen molar-refractivity contribution in [3.05, 3.63) is 36.1 Å². The quantitative estimate of drug-likeness (QED) is 0.782. The van der Waals surface area contributed by atoms with E-state index < -0.39 is 6.23 Å². The van der Waals surface area contributed by atoms with Gasteiger partial charge in [0, 0.05) is 25.5 Å². The van der Waals surface area contributed by atoms with Crippen LogP contribution in [0.1, 0.15) is 25.8 Å². The van der Waals surface area contributed by atoms with Crippen molar-refractivity contribution in [2.24, 2.45) is 0 Å². The third-order valence-electron chi connectivity index (χ3n) is 4.06. The Morgan fingerprint density at radius 2 is 2.14 bits per heavy atom. The number of nitrogens with zero attached hydrogens (tertiary/aromatic N) is 3. The van der Waals surface area contributed by atoms with Crippen molar-refractivity contribution in [3.8, 4) is 0 Å². The van der Waals surface area contributed by atoms with Gasteiger partial charge >= 0.3 is 0 Å². The summed E-state index contributed by atoms with van der Waals surface area (Å²) in [5, 5.41) is 16.8. The van der Waals surface area contributed by atoms with Crippen molar-refractivity contribution in [2.45, 2.75) is 32.0 Å². The highest BCUT2D eigenvalue weighted by Crippen LogP contribution is 2.22. The summed E-state index contributed by atoms with van der Waals surface area (Å²) in [6.07, 6.45) is 9.38. The zero-order valence-corrected chi connectivity index (χ0v) is 12.6. The Labute approximate surface area is 125 Å². The van der Waals surface area contributed by atoms with Crippen LogP contribution in [0.5, 0.6) is 0 Å². The first-order valence-corrected chi connectivity index (χ1v) is 7.45. The molecule has 0 spiro atoms. The van der Waals surface area contributed by atoms with Crippen molar-refractivity contribution in [3.63, 3.8) is 0 Å². The number of likely N-dealkylation sites (N-methyl/N-ethyl adjacent to an activating group) is 1. The van der Waals surface area contributed by atoms with E-state index in [2.05, 4.69) is 20.2 Å². The van der Waals surface area contributed by atoms with Crippen LogP contribution in [0.25, 0.3) is 0 Å². The molecular weight excluding hydrogens is 266 g/mol. The number of rotatable bonds is 3. The maximum atomic E-state index is 10.2. The number of hydrogen-bond donors (Lipinski definition) is 3. The summed E-state index contributed by atoms with van der Waals surface area (Å²) in [6.45, 7) is 4.13. The fraction of sp³-hybridized carbons (Fsp3) is 0.533. The molecule has 0 amide bonds. The van der Waals surface area contributed by atoms with Crippen molar-refractivity contribution < 1.29 is 5.11 Å². The second-order valence-electron chi connectivity index (χ2n) is 5.82. The molecule has 21 heavy (non-hydrogen) atoms. The Morgan fingerprint density at radius 3 is 2.90 bits per heavy atom. The van der Waals surface area contributed by atoms with Gasteiger partial charge in [-0.1, -0.05) is 0 Å². The number of allylic oxidation sites excluding steroid dienone is 2. The first kappa shape index (κ1) is 14.2. The summed E-state index contributed by atoms with van der Waals surface area (Å²) in [5.41, 5.74) is 1.86. The molecule has 0 radical (unpaired) electrons. The molecule has 3 N–H and O–H groups in total. The van der Waals surface area contributed by atoms with E-state index in [-0.39, 0.29) is 0 Å². The molecule has 1 aromatic heterocycles. The molecule has 114 valence electrons. The SMILES string of the molecule is CC1=CN(C)C(O)C(Nc2cn(C3CCNCC3)cn2)=C1. The van der Waals surface area contributed by atoms with Crippen molar-refractivity contribution in [1.29, 1.82) is 0 Å². The zero-order valence-electron chi connectivity index (χ0n) is 12.6. The van der Waals surface area contributed by atoms with E-state index >= 15 is 0 Å². The van der Waals surface area contributed by atoms with Gasteiger partial charge < -0.3 is 25.2 Å². The number of nitrogens with one attached hydrogen (secondary N) is 2. The first-order chi connectivity index (χ1) is 10.1. The summed E-state index contributed by atoms with van der Waals surface area (Å²) in [6, 6.07) is 0.517. The van der Waals surface area contributed by atoms with Crippen LogP contribution in [0.3, 0.4) is 0 Å². The Hall–Kier alpha value is -1.79. The molecule has 0 bridgehead atoms. The minimum atomic E-state index is -0.655. The normalized spacial score (nSPS) is 23.8. The van der Waals surface area contributed by atoms with Crippen LogP contribution >= 0.6 is 0 Å². The van der Waals surface area contributed by atoms with E-state index in [1.165, 1.54) is 0 Å². The van der Waals surface area contributed by atoms with Crippen LogP contribution in [0.15, 0.2) is 36.1 Å². The summed E-state index contributed by atoms with van der Waals surface area (Å²) >= 11 is 0. The van der Waals surface area contributed by atoms with Crippen molar-refractivity contribution in [2.75, 3.05) is 25.5 Å². The highest BCUT2D eigenvalue weighted by atomic mass is 16.3. The van der Waals surface area contributed by atoms with Crippen molar-refractivity contribution >= 4 is 5.82 Å². The van der Waals surface area contributed by atoms with Gasteiger partial charge in [-0.05, 0) is 44.5 Å². The van der Waals surface area contributed by atoms with Gasteiger partial charge in [-0.3, -0.25) is 0 Å². The third kappa shape index (κ3) is 3.11. The first-order valence-electron chi connectivity index (χ1n) is 7.45. The highest BCUT2D eigenvalue weighted by molar-refractivity contribution is 5.44. The van der Waals surface area contributed by atoms with Gasteiger partial charge in [-0.2, -0.15) is 0 Å². The van der Waals surface area contributed by atoms with E-state index in [0.29, 0.717) is 6.04 Å². The Bertz CT molecular complexity index is 556. The number of imidazole rings is 1. The van der Waals surface area contributed by atoms with E-state index in [0.717, 1.165) is 43.0 Å². The smallest absolute Gasteiger partial charge is 0.167 e. The lowest BCUT2D eigenvalue weighted by atomic mass is 10.1. The molecule has 3 rings (SSSR count). The molecule has 1 saturated heterocycles. The monoisotopic (exact) mass is 289 g/mol. The molecule has 0 aromatic carbocycles. The molecule has 6 nitrogen and oxygen atoms in total. The molecule has 0 saturated carbocycles. The number of anilines is 1. The molecule has 1 atom stereocenters. The molecule has 1 fully saturated rings. The predicted octanol–water partition coefficient (Wildman–Crippen LogP) is 1.27. The second-order valence-corrected chi connectivity index (χ2v) is 5.82. The van der Waals surface area contributed by atoms with Crippen LogP contribution < -0.4 is 10.6 Å². The molecular formula is C15H23N5O. The topological polar surface area (TPSA) is 65.3 Å². The van der Waals surface area contributed by atoms with Gasteiger partial charge in [0.15, 0.2) is 6.23 Å². The summed E-state index contributed by atoms with van der Waals surface area (Å²) in [5.74, 6) is 0.780. The standard InChI is InChI=1S/C15H23N5O/c1-11-7-13(15(21)19(2)8-11)18-14-9-20(10-17-14)12-3-5-16-6-4-12/h7-10,12,15-16,18,21H,3-6H2,1-2H3. The Balaban J connectivity index is 1.71. The van der Waals surface area contributed by atoms with Crippen LogP contribution in [0.2, 0.25) is 0 Å². The van der Waals surface area contributed by atoms with E-state index in [1.54, 1.807) is 4.90 Å². The highest BCUT2D eigenvalue weighted by Gasteiger charge is 2.20. The van der Waals surface area contributed by atoms with Crippen molar-refractivity contribution in [1.82, 2.24) is 19.8 Å². The van der Waals surface area contributed by atoms with Gasteiger partial charge in [0.05, 0.1) is 12.0 Å². The Kier molecular flexibility index (Phi) is 3.98. The summed E-state index contributed by atoms with van der Waals surface area (Å²) < 4.78 is 2.17. The Morgan fingerprint density at radius 1 is 1.38 bits per heavy atom. The van der Waals surface area contributed by atoms with Gasteiger partial charge in [0.25, 0.3) is 0 Å². The maximum Gasteiger partial charge on any atom is 0.167 e.